The van der Waals surface area contributed by atoms with E-state index >= 15 is 0 Å². The first-order valence-corrected chi connectivity index (χ1v) is 16.6. The maximum absolute atomic E-state index is 13.6. The predicted molar refractivity (Wildman–Crippen MR) is 169 cm³/mol. The number of aromatic nitrogens is 1. The van der Waals surface area contributed by atoms with Crippen LogP contribution in [-0.4, -0.2) is 48.7 Å². The van der Waals surface area contributed by atoms with Gasteiger partial charge >= 0.3 is 6.09 Å². The molecule has 4 aromatic rings. The Hall–Kier alpha value is -3.82. The molecular formula is C33H36ClN3O5S. The van der Waals surface area contributed by atoms with Crippen molar-refractivity contribution in [1.82, 2.24) is 14.2 Å². The lowest BCUT2D eigenvalue weighted by Gasteiger charge is -2.31. The van der Waals surface area contributed by atoms with E-state index in [0.29, 0.717) is 42.2 Å². The SMILES string of the molecule is Cc1c(C(=O)NS(=O)(=O)CC2CCCN(C(=O)OCc3ccccc3)C2)n(CCCc2ccccc2)c2ccc(Cl)cc12. The number of halogens is 1. The minimum Gasteiger partial charge on any atom is -0.445 e. The number of piperidine rings is 1. The van der Waals surface area contributed by atoms with Crippen molar-refractivity contribution in [2.75, 3.05) is 18.8 Å². The molecule has 0 saturated carbocycles. The van der Waals surface area contributed by atoms with E-state index in [1.165, 1.54) is 5.56 Å². The molecule has 2 amide bonds. The summed E-state index contributed by atoms with van der Waals surface area (Å²) in [7, 11) is -3.99. The standard InChI is InChI=1S/C33H36ClN3O5S/c1-24-29-20-28(34)16-17-30(29)37(19-9-14-25-10-4-2-5-11-25)31(24)32(38)35-43(40,41)23-27-15-8-18-36(21-27)33(39)42-22-26-12-6-3-7-13-26/h2-7,10-13,16-17,20,27H,8-9,14-15,18-19,21-23H2,1H3,(H,35,38). The molecule has 43 heavy (non-hydrogen) atoms. The second-order valence-corrected chi connectivity index (χ2v) is 13.3. The molecule has 0 aliphatic carbocycles. The third-order valence-corrected chi connectivity index (χ3v) is 9.51. The quantitative estimate of drug-likeness (QED) is 0.223. The molecule has 8 nitrogen and oxygen atoms in total. The maximum Gasteiger partial charge on any atom is 0.410 e. The summed E-state index contributed by atoms with van der Waals surface area (Å²) in [5.74, 6) is -1.25. The Morgan fingerprint density at radius 2 is 1.70 bits per heavy atom. The highest BCUT2D eigenvalue weighted by Gasteiger charge is 2.30. The van der Waals surface area contributed by atoms with E-state index in [9.17, 15) is 18.0 Å². The second-order valence-electron chi connectivity index (χ2n) is 11.1. The molecule has 1 atom stereocenters. The van der Waals surface area contributed by atoms with Gasteiger partial charge in [-0.1, -0.05) is 72.3 Å². The van der Waals surface area contributed by atoms with Crippen molar-refractivity contribution in [1.29, 1.82) is 0 Å². The molecule has 3 aromatic carbocycles. The zero-order valence-corrected chi connectivity index (χ0v) is 25.7. The number of amides is 2. The van der Waals surface area contributed by atoms with Gasteiger partial charge in [-0.05, 0) is 73.4 Å². The van der Waals surface area contributed by atoms with Crippen LogP contribution >= 0.6 is 11.6 Å². The van der Waals surface area contributed by atoms with Crippen LogP contribution in [0.4, 0.5) is 4.79 Å². The van der Waals surface area contributed by atoms with Crippen LogP contribution in [0, 0.1) is 12.8 Å². The number of hydrogen-bond donors (Lipinski definition) is 1. The van der Waals surface area contributed by atoms with Gasteiger partial charge in [-0.2, -0.15) is 0 Å². The predicted octanol–water partition coefficient (Wildman–Crippen LogP) is 6.34. The minimum absolute atomic E-state index is 0.152. The van der Waals surface area contributed by atoms with E-state index in [-0.39, 0.29) is 24.8 Å². The third-order valence-electron chi connectivity index (χ3n) is 7.87. The Kier molecular flexibility index (Phi) is 9.72. The molecule has 1 unspecified atom stereocenters. The van der Waals surface area contributed by atoms with E-state index in [0.717, 1.165) is 29.3 Å². The molecule has 10 heteroatoms. The Labute approximate surface area is 257 Å². The number of nitrogens with zero attached hydrogens (tertiary/aromatic N) is 2. The summed E-state index contributed by atoms with van der Waals surface area (Å²) in [4.78, 5) is 27.8. The van der Waals surface area contributed by atoms with Gasteiger partial charge in [-0.25, -0.2) is 17.9 Å². The number of nitrogens with one attached hydrogen (secondary N) is 1. The van der Waals surface area contributed by atoms with Crippen molar-refractivity contribution in [2.24, 2.45) is 5.92 Å². The number of fused-ring (bicyclic) bond motifs is 1. The lowest BCUT2D eigenvalue weighted by atomic mass is 10.0. The van der Waals surface area contributed by atoms with E-state index in [2.05, 4.69) is 16.9 Å². The first-order chi connectivity index (χ1) is 20.7. The molecule has 1 aliphatic rings. The van der Waals surface area contributed by atoms with Crippen molar-refractivity contribution >= 4 is 44.5 Å². The highest BCUT2D eigenvalue weighted by atomic mass is 35.5. The number of hydrogen-bond acceptors (Lipinski definition) is 5. The smallest absolute Gasteiger partial charge is 0.410 e. The summed E-state index contributed by atoms with van der Waals surface area (Å²) in [5.41, 5.74) is 3.88. The number of benzene rings is 3. The average Bonchev–Trinajstić information content (AvgIpc) is 3.27. The lowest BCUT2D eigenvalue weighted by Crippen LogP contribution is -2.44. The van der Waals surface area contributed by atoms with E-state index in [1.807, 2.05) is 66.1 Å². The molecule has 1 N–H and O–H groups in total. The number of sulfonamides is 1. The van der Waals surface area contributed by atoms with E-state index in [1.54, 1.807) is 17.0 Å². The topological polar surface area (TPSA) is 97.7 Å². The molecule has 1 aliphatic heterocycles. The lowest BCUT2D eigenvalue weighted by molar-refractivity contribution is 0.0811. The molecule has 0 radical (unpaired) electrons. The fourth-order valence-electron chi connectivity index (χ4n) is 5.82. The molecule has 1 aromatic heterocycles. The fraction of sp³-hybridized carbons (Fsp3) is 0.333. The van der Waals surface area contributed by atoms with Crippen LogP contribution in [0.3, 0.4) is 0 Å². The highest BCUT2D eigenvalue weighted by molar-refractivity contribution is 7.90. The molecule has 0 bridgehead atoms. The second kappa shape index (κ2) is 13.7. The van der Waals surface area contributed by atoms with Crippen LogP contribution in [0.25, 0.3) is 10.9 Å². The van der Waals surface area contributed by atoms with Gasteiger partial charge < -0.3 is 14.2 Å². The van der Waals surface area contributed by atoms with Crippen LogP contribution in [0.15, 0.2) is 78.9 Å². The summed E-state index contributed by atoms with van der Waals surface area (Å²) in [6.07, 6.45) is 2.41. The van der Waals surface area contributed by atoms with Crippen LogP contribution in [0.5, 0.6) is 0 Å². The van der Waals surface area contributed by atoms with Crippen molar-refractivity contribution < 1.29 is 22.7 Å². The van der Waals surface area contributed by atoms with Crippen LogP contribution in [-0.2, 0) is 34.3 Å². The fourth-order valence-corrected chi connectivity index (χ4v) is 7.35. The molecule has 0 spiro atoms. The van der Waals surface area contributed by atoms with E-state index in [4.69, 9.17) is 16.3 Å². The van der Waals surface area contributed by atoms with Crippen molar-refractivity contribution in [3.05, 3.63) is 106 Å². The molecule has 1 fully saturated rings. The summed E-state index contributed by atoms with van der Waals surface area (Å²) >= 11 is 6.27. The van der Waals surface area contributed by atoms with Crippen molar-refractivity contribution in [3.63, 3.8) is 0 Å². The van der Waals surface area contributed by atoms with Crippen molar-refractivity contribution in [3.8, 4) is 0 Å². The van der Waals surface area contributed by atoms with Gasteiger partial charge in [0.1, 0.15) is 12.3 Å². The maximum atomic E-state index is 13.6. The van der Waals surface area contributed by atoms with Crippen molar-refractivity contribution in [2.45, 2.75) is 45.8 Å². The normalized spacial score (nSPS) is 15.4. The first kappa shape index (κ1) is 30.6. The zero-order valence-electron chi connectivity index (χ0n) is 24.2. The number of rotatable bonds is 10. The number of ether oxygens (including phenoxy) is 1. The summed E-state index contributed by atoms with van der Waals surface area (Å²) in [6, 6.07) is 24.9. The van der Waals surface area contributed by atoms with Gasteiger partial charge in [0, 0.05) is 35.6 Å². The Balaban J connectivity index is 1.26. The van der Waals surface area contributed by atoms with Gasteiger partial charge in [0.2, 0.25) is 10.0 Å². The Bertz CT molecular complexity index is 1690. The number of likely N-dealkylation sites (tertiary alicyclic amines) is 1. The van der Waals surface area contributed by atoms with E-state index < -0.39 is 22.0 Å². The molecule has 2 heterocycles. The van der Waals surface area contributed by atoms with Crippen LogP contribution in [0.1, 0.15) is 46.4 Å². The van der Waals surface area contributed by atoms with Gasteiger partial charge in [0.25, 0.3) is 5.91 Å². The Morgan fingerprint density at radius 1 is 1.00 bits per heavy atom. The first-order valence-electron chi connectivity index (χ1n) is 14.5. The summed E-state index contributed by atoms with van der Waals surface area (Å²) < 4.78 is 36.2. The van der Waals surface area contributed by atoms with Crippen LogP contribution < -0.4 is 4.72 Å². The summed E-state index contributed by atoms with van der Waals surface area (Å²) in [6.45, 7) is 3.25. The summed E-state index contributed by atoms with van der Waals surface area (Å²) in [5, 5.41) is 1.35. The number of carbonyl (C=O) groups excluding carboxylic acids is 2. The van der Waals surface area contributed by atoms with Gasteiger partial charge in [0.05, 0.1) is 5.75 Å². The van der Waals surface area contributed by atoms with Gasteiger partial charge in [-0.3, -0.25) is 4.79 Å². The van der Waals surface area contributed by atoms with Crippen LogP contribution in [0.2, 0.25) is 5.02 Å². The highest BCUT2D eigenvalue weighted by Crippen LogP contribution is 2.29. The van der Waals surface area contributed by atoms with Gasteiger partial charge in [-0.15, -0.1) is 0 Å². The van der Waals surface area contributed by atoms with Gasteiger partial charge in [0.15, 0.2) is 0 Å². The minimum atomic E-state index is -3.99. The average molecular weight is 622 g/mol. The third kappa shape index (κ3) is 7.77. The molecule has 5 rings (SSSR count). The zero-order chi connectivity index (χ0) is 30.4. The number of aryl methyl sites for hydroxylation is 3. The molecule has 226 valence electrons. The Morgan fingerprint density at radius 3 is 2.42 bits per heavy atom. The largest absolute Gasteiger partial charge is 0.445 e. The molecule has 1 saturated heterocycles. The number of carbonyl (C=O) groups is 2. The monoisotopic (exact) mass is 621 g/mol. The molecular weight excluding hydrogens is 586 g/mol.